The van der Waals surface area contributed by atoms with Gasteiger partial charge in [0.1, 0.15) is 12.9 Å². The summed E-state index contributed by atoms with van der Waals surface area (Å²) in [6.07, 6.45) is 3.36. The summed E-state index contributed by atoms with van der Waals surface area (Å²) in [5.74, 6) is 1.84. The van der Waals surface area contributed by atoms with E-state index in [1.165, 1.54) is 0 Å². The van der Waals surface area contributed by atoms with E-state index in [1.54, 1.807) is 19.6 Å². The van der Waals surface area contributed by atoms with Crippen molar-refractivity contribution in [1.82, 2.24) is 20.6 Å². The predicted octanol–water partition coefficient (Wildman–Crippen LogP) is 3.64. The highest BCUT2D eigenvalue weighted by Gasteiger charge is 2.08. The van der Waals surface area contributed by atoms with Gasteiger partial charge in [-0.25, -0.2) is 15.0 Å². The monoisotopic (exact) mass is 537 g/mol. The number of hydrogen-bond acceptors (Lipinski definition) is 6. The molecule has 0 spiro atoms. The molecule has 0 radical (unpaired) electrons. The zero-order valence-corrected chi connectivity index (χ0v) is 20.0. The fourth-order valence-corrected chi connectivity index (χ4v) is 2.68. The van der Waals surface area contributed by atoms with Crippen molar-refractivity contribution in [3.63, 3.8) is 0 Å². The number of pyridine rings is 1. The molecule has 8 nitrogen and oxygen atoms in total. The van der Waals surface area contributed by atoms with E-state index >= 15 is 0 Å². The van der Waals surface area contributed by atoms with E-state index in [0.29, 0.717) is 44.0 Å². The summed E-state index contributed by atoms with van der Waals surface area (Å²) >= 11 is 0. The molecule has 0 aliphatic carbocycles. The van der Waals surface area contributed by atoms with Crippen LogP contribution in [0, 0.1) is 0 Å². The highest BCUT2D eigenvalue weighted by atomic mass is 127. The predicted molar refractivity (Wildman–Crippen MR) is 131 cm³/mol. The highest BCUT2D eigenvalue weighted by Crippen LogP contribution is 2.18. The van der Waals surface area contributed by atoms with Crippen LogP contribution in [0.4, 0.5) is 0 Å². The Hall–Kier alpha value is -2.66. The molecule has 31 heavy (non-hydrogen) atoms. The van der Waals surface area contributed by atoms with Crippen LogP contribution in [0.5, 0.6) is 5.88 Å². The third kappa shape index (κ3) is 7.83. The summed E-state index contributed by atoms with van der Waals surface area (Å²) in [6, 6.07) is 13.6. The van der Waals surface area contributed by atoms with Gasteiger partial charge in [0.15, 0.2) is 5.96 Å². The Balaban J connectivity index is 0.00000341. The second-order valence-corrected chi connectivity index (χ2v) is 6.37. The number of nitrogens with zero attached hydrogens (tertiary/aromatic N) is 3. The summed E-state index contributed by atoms with van der Waals surface area (Å²) in [5.41, 5.74) is 2.64. The first-order valence-electron chi connectivity index (χ1n) is 9.87. The quantitative estimate of drug-likeness (QED) is 0.177. The number of aliphatic imine (C=N–C) groups is 1. The minimum Gasteiger partial charge on any atom is -0.475 e. The Bertz CT molecular complexity index is 934. The van der Waals surface area contributed by atoms with Gasteiger partial charge in [-0.3, -0.25) is 0 Å². The number of hydrogen-bond donors (Lipinski definition) is 2. The van der Waals surface area contributed by atoms with Crippen LogP contribution in [-0.2, 0) is 17.8 Å². The fraction of sp³-hybridized carbons (Fsp3) is 0.318. The molecule has 0 fully saturated rings. The molecule has 0 atom stereocenters. The van der Waals surface area contributed by atoms with E-state index in [9.17, 15) is 0 Å². The van der Waals surface area contributed by atoms with Gasteiger partial charge in [0.2, 0.25) is 11.8 Å². The molecule has 0 amide bonds. The van der Waals surface area contributed by atoms with E-state index in [4.69, 9.17) is 13.9 Å². The molecule has 2 heterocycles. The molecule has 9 heteroatoms. The second kappa shape index (κ2) is 13.6. The third-order valence-electron chi connectivity index (χ3n) is 4.14. The van der Waals surface area contributed by atoms with Crippen LogP contribution in [0.1, 0.15) is 18.2 Å². The SMILES string of the molecule is CCNC(=NCc1cccnc1OCCOC)NCc1coc(-c2ccccc2)n1.I. The summed E-state index contributed by atoms with van der Waals surface area (Å²) < 4.78 is 16.3. The first kappa shape index (κ1) is 24.6. The molecule has 166 valence electrons. The minimum absolute atomic E-state index is 0. The van der Waals surface area contributed by atoms with E-state index in [0.717, 1.165) is 23.4 Å². The maximum atomic E-state index is 5.68. The van der Waals surface area contributed by atoms with Gasteiger partial charge < -0.3 is 24.5 Å². The maximum Gasteiger partial charge on any atom is 0.226 e. The smallest absolute Gasteiger partial charge is 0.226 e. The molecule has 0 saturated carbocycles. The Morgan fingerprint density at radius 1 is 1.10 bits per heavy atom. The van der Waals surface area contributed by atoms with E-state index in [1.807, 2.05) is 49.4 Å². The number of methoxy groups -OCH3 is 1. The number of nitrogens with one attached hydrogen (secondary N) is 2. The number of benzene rings is 1. The number of guanidine groups is 1. The molecule has 1 aromatic carbocycles. The normalized spacial score (nSPS) is 11.0. The van der Waals surface area contributed by atoms with Crippen molar-refractivity contribution in [1.29, 1.82) is 0 Å². The Kier molecular flexibility index (Phi) is 10.8. The second-order valence-electron chi connectivity index (χ2n) is 6.37. The summed E-state index contributed by atoms with van der Waals surface area (Å²) in [7, 11) is 1.64. The first-order valence-corrected chi connectivity index (χ1v) is 9.87. The Morgan fingerprint density at radius 3 is 2.71 bits per heavy atom. The molecule has 3 aromatic rings. The first-order chi connectivity index (χ1) is 14.8. The molecule has 0 aliphatic heterocycles. The molecule has 0 aliphatic rings. The lowest BCUT2D eigenvalue weighted by Gasteiger charge is -2.11. The van der Waals surface area contributed by atoms with Crippen LogP contribution in [0.25, 0.3) is 11.5 Å². The standard InChI is InChI=1S/C22H27N5O3.HI/c1-3-23-22(25-14-18-10-7-11-24-20(18)29-13-12-28-2)26-15-19-16-30-21(27-19)17-8-5-4-6-9-17;/h4-11,16H,3,12-15H2,1-2H3,(H2,23,25,26);1H. The lowest BCUT2D eigenvalue weighted by atomic mass is 10.2. The molecule has 0 bridgehead atoms. The van der Waals surface area contributed by atoms with Gasteiger partial charge in [0, 0.05) is 31.0 Å². The van der Waals surface area contributed by atoms with Crippen molar-refractivity contribution in [2.75, 3.05) is 26.9 Å². The average Bonchev–Trinajstić information content (AvgIpc) is 3.26. The molecular formula is C22H28IN5O3. The molecule has 0 unspecified atom stereocenters. The summed E-state index contributed by atoms with van der Waals surface area (Å²) in [4.78, 5) is 13.5. The van der Waals surface area contributed by atoms with Gasteiger partial charge in [0.05, 0.1) is 25.4 Å². The number of aromatic nitrogens is 2. The highest BCUT2D eigenvalue weighted by molar-refractivity contribution is 14.0. The fourth-order valence-electron chi connectivity index (χ4n) is 2.68. The summed E-state index contributed by atoms with van der Waals surface area (Å²) in [6.45, 7) is 4.63. The van der Waals surface area contributed by atoms with E-state index < -0.39 is 0 Å². The van der Waals surface area contributed by atoms with Crippen LogP contribution in [0.3, 0.4) is 0 Å². The minimum atomic E-state index is 0. The number of ether oxygens (including phenoxy) is 2. The van der Waals surface area contributed by atoms with Crippen molar-refractivity contribution < 1.29 is 13.9 Å². The molecule has 0 saturated heterocycles. The zero-order valence-electron chi connectivity index (χ0n) is 17.7. The van der Waals surface area contributed by atoms with Gasteiger partial charge in [-0.05, 0) is 25.1 Å². The topological polar surface area (TPSA) is 93.8 Å². The van der Waals surface area contributed by atoms with Gasteiger partial charge in [0.25, 0.3) is 0 Å². The van der Waals surface area contributed by atoms with Gasteiger partial charge in [-0.15, -0.1) is 24.0 Å². The van der Waals surface area contributed by atoms with Crippen molar-refractivity contribution in [2.24, 2.45) is 4.99 Å². The lowest BCUT2D eigenvalue weighted by Crippen LogP contribution is -2.36. The van der Waals surface area contributed by atoms with Gasteiger partial charge in [-0.2, -0.15) is 0 Å². The molecule has 3 rings (SSSR count). The van der Waals surface area contributed by atoms with Gasteiger partial charge in [-0.1, -0.05) is 24.3 Å². The lowest BCUT2D eigenvalue weighted by molar-refractivity contribution is 0.143. The van der Waals surface area contributed by atoms with Crippen LogP contribution < -0.4 is 15.4 Å². The summed E-state index contributed by atoms with van der Waals surface area (Å²) in [5, 5.41) is 6.51. The largest absolute Gasteiger partial charge is 0.475 e. The van der Waals surface area contributed by atoms with Crippen molar-refractivity contribution >= 4 is 29.9 Å². The van der Waals surface area contributed by atoms with E-state index in [-0.39, 0.29) is 24.0 Å². The molecular weight excluding hydrogens is 509 g/mol. The Labute approximate surface area is 199 Å². The van der Waals surface area contributed by atoms with Crippen molar-refractivity contribution in [2.45, 2.75) is 20.0 Å². The zero-order chi connectivity index (χ0) is 21.0. The van der Waals surface area contributed by atoms with Crippen molar-refractivity contribution in [3.05, 3.63) is 66.2 Å². The molecule has 2 N–H and O–H groups in total. The molecule has 2 aromatic heterocycles. The maximum absolute atomic E-state index is 5.68. The van der Waals surface area contributed by atoms with Crippen molar-refractivity contribution in [3.8, 4) is 17.3 Å². The van der Waals surface area contributed by atoms with Gasteiger partial charge >= 0.3 is 0 Å². The average molecular weight is 537 g/mol. The number of oxazole rings is 1. The van der Waals surface area contributed by atoms with Crippen LogP contribution in [0.2, 0.25) is 0 Å². The van der Waals surface area contributed by atoms with Crippen LogP contribution >= 0.6 is 24.0 Å². The number of halogens is 1. The number of rotatable bonds is 10. The Morgan fingerprint density at radius 2 is 1.94 bits per heavy atom. The third-order valence-corrected chi connectivity index (χ3v) is 4.14. The van der Waals surface area contributed by atoms with Crippen LogP contribution in [-0.4, -0.2) is 42.8 Å². The van der Waals surface area contributed by atoms with Crippen LogP contribution in [0.15, 0.2) is 64.3 Å². The van der Waals surface area contributed by atoms with E-state index in [2.05, 4.69) is 25.6 Å².